The molecule has 1 heterocycles. The van der Waals surface area contributed by atoms with Crippen LogP contribution >= 0.6 is 23.2 Å². The van der Waals surface area contributed by atoms with Crippen molar-refractivity contribution in [3.63, 3.8) is 0 Å². The van der Waals surface area contributed by atoms with Gasteiger partial charge in [0, 0.05) is 29.4 Å². The summed E-state index contributed by atoms with van der Waals surface area (Å²) in [4.78, 5) is 26.5. The topological polar surface area (TPSA) is 49.4 Å². The summed E-state index contributed by atoms with van der Waals surface area (Å²) < 4.78 is 0. The SMILES string of the molecule is Cc1ccc(NC(=O)c2cc(Cl)ccc2Cl)cc1N1CCCCC1=O. The van der Waals surface area contributed by atoms with Crippen molar-refractivity contribution in [2.24, 2.45) is 0 Å². The second-order valence-electron chi connectivity index (χ2n) is 6.08. The van der Waals surface area contributed by atoms with Crippen LogP contribution in [0.1, 0.15) is 35.2 Å². The minimum absolute atomic E-state index is 0.121. The molecule has 3 rings (SSSR count). The van der Waals surface area contributed by atoms with E-state index in [1.165, 1.54) is 6.07 Å². The van der Waals surface area contributed by atoms with Gasteiger partial charge in [-0.3, -0.25) is 9.59 Å². The van der Waals surface area contributed by atoms with E-state index < -0.39 is 0 Å². The standard InChI is InChI=1S/C19H18Cl2N2O2/c1-12-5-7-14(11-17(12)23-9-3-2-4-18(23)24)22-19(25)15-10-13(20)6-8-16(15)21/h5-8,10-11H,2-4,9H2,1H3,(H,22,25). The summed E-state index contributed by atoms with van der Waals surface area (Å²) >= 11 is 12.0. The number of carbonyl (C=O) groups excluding carboxylic acids is 2. The smallest absolute Gasteiger partial charge is 0.257 e. The van der Waals surface area contributed by atoms with Crippen LogP contribution in [0.5, 0.6) is 0 Å². The molecule has 0 radical (unpaired) electrons. The molecule has 0 aliphatic carbocycles. The van der Waals surface area contributed by atoms with Crippen LogP contribution in [0.2, 0.25) is 10.0 Å². The maximum Gasteiger partial charge on any atom is 0.257 e. The van der Waals surface area contributed by atoms with Gasteiger partial charge in [-0.15, -0.1) is 0 Å². The number of anilines is 2. The third-order valence-corrected chi connectivity index (χ3v) is 4.82. The quantitative estimate of drug-likeness (QED) is 0.812. The fraction of sp³-hybridized carbons (Fsp3) is 0.263. The van der Waals surface area contributed by atoms with Crippen LogP contribution in [0.15, 0.2) is 36.4 Å². The summed E-state index contributed by atoms with van der Waals surface area (Å²) in [5.74, 6) is -0.219. The molecule has 2 aromatic carbocycles. The third kappa shape index (κ3) is 3.97. The number of benzene rings is 2. The van der Waals surface area contributed by atoms with Gasteiger partial charge >= 0.3 is 0 Å². The number of nitrogens with one attached hydrogen (secondary N) is 1. The van der Waals surface area contributed by atoms with Gasteiger partial charge in [-0.25, -0.2) is 0 Å². The lowest BCUT2D eigenvalue weighted by atomic mass is 10.1. The Bertz CT molecular complexity index is 836. The molecule has 1 aliphatic rings. The number of hydrogen-bond donors (Lipinski definition) is 1. The first kappa shape index (κ1) is 17.8. The van der Waals surface area contributed by atoms with E-state index in [1.807, 2.05) is 25.1 Å². The van der Waals surface area contributed by atoms with Crippen molar-refractivity contribution in [2.45, 2.75) is 26.2 Å². The molecule has 2 aromatic rings. The molecule has 0 aromatic heterocycles. The van der Waals surface area contributed by atoms with Gasteiger partial charge in [0.25, 0.3) is 5.91 Å². The molecular weight excluding hydrogens is 359 g/mol. The first-order valence-corrected chi connectivity index (χ1v) is 8.89. The van der Waals surface area contributed by atoms with Crippen LogP contribution in [0.25, 0.3) is 0 Å². The molecule has 1 aliphatic heterocycles. The largest absolute Gasteiger partial charge is 0.322 e. The van der Waals surface area contributed by atoms with Crippen LogP contribution in [-0.4, -0.2) is 18.4 Å². The van der Waals surface area contributed by atoms with Crippen LogP contribution in [0.4, 0.5) is 11.4 Å². The van der Waals surface area contributed by atoms with Gasteiger partial charge in [-0.05, 0) is 55.7 Å². The number of carbonyl (C=O) groups is 2. The minimum Gasteiger partial charge on any atom is -0.322 e. The van der Waals surface area contributed by atoms with Gasteiger partial charge < -0.3 is 10.2 Å². The molecule has 0 bridgehead atoms. The molecule has 1 N–H and O–H groups in total. The zero-order chi connectivity index (χ0) is 18.0. The fourth-order valence-electron chi connectivity index (χ4n) is 2.91. The Morgan fingerprint density at radius 3 is 2.68 bits per heavy atom. The van der Waals surface area contributed by atoms with Crippen molar-refractivity contribution in [3.05, 3.63) is 57.6 Å². The highest BCUT2D eigenvalue weighted by molar-refractivity contribution is 6.36. The Morgan fingerprint density at radius 1 is 1.12 bits per heavy atom. The first-order chi connectivity index (χ1) is 12.0. The van der Waals surface area contributed by atoms with Crippen molar-refractivity contribution < 1.29 is 9.59 Å². The van der Waals surface area contributed by atoms with Crippen LogP contribution in [0, 0.1) is 6.92 Å². The highest BCUT2D eigenvalue weighted by Gasteiger charge is 2.21. The van der Waals surface area contributed by atoms with Gasteiger partial charge in [-0.2, -0.15) is 0 Å². The predicted octanol–water partition coefficient (Wildman–Crippen LogP) is 5.07. The Balaban J connectivity index is 1.86. The van der Waals surface area contributed by atoms with Gasteiger partial charge in [0.1, 0.15) is 0 Å². The number of nitrogens with zero attached hydrogens (tertiary/aromatic N) is 1. The Morgan fingerprint density at radius 2 is 1.92 bits per heavy atom. The summed E-state index contributed by atoms with van der Waals surface area (Å²) in [6, 6.07) is 10.3. The second-order valence-corrected chi connectivity index (χ2v) is 6.93. The summed E-state index contributed by atoms with van der Waals surface area (Å²) in [6.45, 7) is 2.66. The maximum absolute atomic E-state index is 12.5. The van der Waals surface area contributed by atoms with Gasteiger partial charge in [0.2, 0.25) is 5.91 Å². The lowest BCUT2D eigenvalue weighted by molar-refractivity contribution is -0.119. The van der Waals surface area contributed by atoms with Crippen molar-refractivity contribution in [1.82, 2.24) is 0 Å². The van der Waals surface area contributed by atoms with Gasteiger partial charge in [0.15, 0.2) is 0 Å². The highest BCUT2D eigenvalue weighted by atomic mass is 35.5. The van der Waals surface area contributed by atoms with Crippen molar-refractivity contribution in [2.75, 3.05) is 16.8 Å². The number of rotatable bonds is 3. The van der Waals surface area contributed by atoms with Crippen molar-refractivity contribution in [3.8, 4) is 0 Å². The van der Waals surface area contributed by atoms with Gasteiger partial charge in [-0.1, -0.05) is 29.3 Å². The summed E-state index contributed by atoms with van der Waals surface area (Å²) in [7, 11) is 0. The summed E-state index contributed by atoms with van der Waals surface area (Å²) in [6.07, 6.45) is 2.48. The van der Waals surface area contributed by atoms with E-state index in [9.17, 15) is 9.59 Å². The molecule has 6 heteroatoms. The van der Waals surface area contributed by atoms with E-state index in [-0.39, 0.29) is 11.8 Å². The van der Waals surface area contributed by atoms with Gasteiger partial charge in [0.05, 0.1) is 10.6 Å². The van der Waals surface area contributed by atoms with E-state index in [0.717, 1.165) is 24.1 Å². The number of aryl methyl sites for hydroxylation is 1. The van der Waals surface area contributed by atoms with Crippen LogP contribution < -0.4 is 10.2 Å². The second kappa shape index (κ2) is 7.46. The van der Waals surface area contributed by atoms with E-state index in [2.05, 4.69) is 5.32 Å². The van der Waals surface area contributed by atoms with Crippen LogP contribution in [0.3, 0.4) is 0 Å². The minimum atomic E-state index is -0.340. The number of amides is 2. The average Bonchev–Trinajstić information content (AvgIpc) is 2.59. The number of halogens is 2. The fourth-order valence-corrected chi connectivity index (χ4v) is 3.28. The zero-order valence-electron chi connectivity index (χ0n) is 13.8. The van der Waals surface area contributed by atoms with Crippen molar-refractivity contribution >= 4 is 46.4 Å². The van der Waals surface area contributed by atoms with Crippen molar-refractivity contribution in [1.29, 1.82) is 0 Å². The molecule has 2 amide bonds. The summed E-state index contributed by atoms with van der Waals surface area (Å²) in [5, 5.41) is 3.60. The maximum atomic E-state index is 12.5. The molecule has 0 spiro atoms. The Kier molecular flexibility index (Phi) is 5.30. The number of hydrogen-bond acceptors (Lipinski definition) is 2. The lowest BCUT2D eigenvalue weighted by Gasteiger charge is -2.28. The monoisotopic (exact) mass is 376 g/mol. The normalized spacial score (nSPS) is 14.5. The zero-order valence-corrected chi connectivity index (χ0v) is 15.3. The van der Waals surface area contributed by atoms with E-state index in [4.69, 9.17) is 23.2 Å². The Hall–Kier alpha value is -2.04. The Labute approximate surface area is 156 Å². The first-order valence-electron chi connectivity index (χ1n) is 8.13. The highest BCUT2D eigenvalue weighted by Crippen LogP contribution is 2.28. The molecule has 130 valence electrons. The molecule has 25 heavy (non-hydrogen) atoms. The molecule has 1 fully saturated rings. The molecule has 1 saturated heterocycles. The molecule has 0 saturated carbocycles. The average molecular weight is 377 g/mol. The van der Waals surface area contributed by atoms with E-state index in [0.29, 0.717) is 34.3 Å². The summed E-state index contributed by atoms with van der Waals surface area (Å²) in [5.41, 5.74) is 2.75. The molecular formula is C19H18Cl2N2O2. The van der Waals surface area contributed by atoms with E-state index >= 15 is 0 Å². The van der Waals surface area contributed by atoms with E-state index in [1.54, 1.807) is 17.0 Å². The number of piperidine rings is 1. The predicted molar refractivity (Wildman–Crippen MR) is 102 cm³/mol. The molecule has 0 unspecified atom stereocenters. The molecule has 0 atom stereocenters. The third-order valence-electron chi connectivity index (χ3n) is 4.25. The molecule has 4 nitrogen and oxygen atoms in total. The van der Waals surface area contributed by atoms with Crippen LogP contribution in [-0.2, 0) is 4.79 Å². The lowest BCUT2D eigenvalue weighted by Crippen LogP contribution is -2.35.